The molecule has 0 bridgehead atoms. The molecule has 2 aromatic carbocycles. The van der Waals surface area contributed by atoms with E-state index in [4.69, 9.17) is 0 Å². The van der Waals surface area contributed by atoms with Gasteiger partial charge < -0.3 is 5.32 Å². The lowest BCUT2D eigenvalue weighted by molar-refractivity contribution is -0.116. The van der Waals surface area contributed by atoms with Crippen LogP contribution >= 0.6 is 11.3 Å². The maximum absolute atomic E-state index is 13.0. The van der Waals surface area contributed by atoms with Crippen molar-refractivity contribution in [3.05, 3.63) is 57.2 Å². The third kappa shape index (κ3) is 4.67. The largest absolute Gasteiger partial charge is 0.324 e. The van der Waals surface area contributed by atoms with E-state index in [1.165, 1.54) is 0 Å². The fourth-order valence-corrected chi connectivity index (χ4v) is 5.86. The van der Waals surface area contributed by atoms with Crippen LogP contribution in [0.4, 0.5) is 11.4 Å². The van der Waals surface area contributed by atoms with Crippen molar-refractivity contribution in [2.75, 3.05) is 15.9 Å². The molecule has 0 aliphatic heterocycles. The predicted molar refractivity (Wildman–Crippen MR) is 128 cm³/mol. The number of carbonyl (C=O) groups excluding carboxylic acids is 1. The maximum atomic E-state index is 13.0. The van der Waals surface area contributed by atoms with Gasteiger partial charge in [0.05, 0.1) is 22.2 Å². The Morgan fingerprint density at radius 1 is 1.10 bits per heavy atom. The third-order valence-corrected chi connectivity index (χ3v) is 7.23. The Morgan fingerprint density at radius 2 is 1.77 bits per heavy atom. The van der Waals surface area contributed by atoms with Crippen molar-refractivity contribution in [3.63, 3.8) is 0 Å². The van der Waals surface area contributed by atoms with Gasteiger partial charge in [0.25, 0.3) is 0 Å². The monoisotopic (exact) mass is 461 g/mol. The number of fused-ring (bicyclic) bond motifs is 1. The SMILES string of the molecule is Cc1ccc(C)c(N([C@@H](C)C(=O)Nc2ccc3c(c2)sc(=O)n3C(C)C)S(C)(=O)=O)c1. The van der Waals surface area contributed by atoms with E-state index in [0.717, 1.165) is 43.2 Å². The van der Waals surface area contributed by atoms with Crippen LogP contribution in [0.2, 0.25) is 0 Å². The number of sulfonamides is 1. The molecule has 7 nitrogen and oxygen atoms in total. The summed E-state index contributed by atoms with van der Waals surface area (Å²) in [7, 11) is -3.71. The molecule has 166 valence electrons. The second kappa shape index (κ2) is 8.47. The summed E-state index contributed by atoms with van der Waals surface area (Å²) in [6.07, 6.45) is 1.09. The first-order chi connectivity index (χ1) is 14.4. The second-order valence-electron chi connectivity index (χ2n) is 8.03. The highest BCUT2D eigenvalue weighted by atomic mass is 32.2. The Morgan fingerprint density at radius 3 is 2.39 bits per heavy atom. The first-order valence-corrected chi connectivity index (χ1v) is 12.6. The van der Waals surface area contributed by atoms with E-state index < -0.39 is 22.0 Å². The molecule has 1 amide bonds. The average molecular weight is 462 g/mol. The van der Waals surface area contributed by atoms with Crippen LogP contribution in [0.1, 0.15) is 37.9 Å². The molecule has 31 heavy (non-hydrogen) atoms. The molecule has 3 rings (SSSR count). The van der Waals surface area contributed by atoms with Gasteiger partial charge in [0, 0.05) is 11.7 Å². The first-order valence-electron chi connectivity index (χ1n) is 9.92. The molecular formula is C22H27N3O4S2. The molecule has 0 saturated carbocycles. The Hall–Kier alpha value is -2.65. The Kier molecular flexibility index (Phi) is 6.29. The Balaban J connectivity index is 1.94. The zero-order valence-electron chi connectivity index (χ0n) is 18.5. The van der Waals surface area contributed by atoms with E-state index in [2.05, 4.69) is 5.32 Å². The van der Waals surface area contributed by atoms with Crippen molar-refractivity contribution in [2.24, 2.45) is 0 Å². The molecule has 0 aliphatic rings. The van der Waals surface area contributed by atoms with Gasteiger partial charge in [-0.2, -0.15) is 0 Å². The van der Waals surface area contributed by atoms with Crippen LogP contribution < -0.4 is 14.5 Å². The molecule has 1 N–H and O–H groups in total. The quantitative estimate of drug-likeness (QED) is 0.600. The van der Waals surface area contributed by atoms with Crippen molar-refractivity contribution >= 4 is 48.9 Å². The van der Waals surface area contributed by atoms with Gasteiger partial charge in [-0.3, -0.25) is 18.5 Å². The molecule has 1 heterocycles. The lowest BCUT2D eigenvalue weighted by Crippen LogP contribution is -2.45. The molecule has 0 fully saturated rings. The number of aryl methyl sites for hydroxylation is 2. The minimum atomic E-state index is -3.71. The van der Waals surface area contributed by atoms with Gasteiger partial charge in [-0.15, -0.1) is 0 Å². The summed E-state index contributed by atoms with van der Waals surface area (Å²) in [5.41, 5.74) is 3.46. The molecule has 9 heteroatoms. The fraction of sp³-hybridized carbons (Fsp3) is 0.364. The number of aromatic nitrogens is 1. The summed E-state index contributed by atoms with van der Waals surface area (Å²) in [6, 6.07) is 9.82. The van der Waals surface area contributed by atoms with Crippen LogP contribution in [0.25, 0.3) is 10.2 Å². The van der Waals surface area contributed by atoms with Gasteiger partial charge in [0.1, 0.15) is 6.04 Å². The van der Waals surface area contributed by atoms with Crippen molar-refractivity contribution in [1.29, 1.82) is 0 Å². The van der Waals surface area contributed by atoms with Gasteiger partial charge in [-0.25, -0.2) is 8.42 Å². The van der Waals surface area contributed by atoms with E-state index in [1.807, 2.05) is 39.8 Å². The molecule has 0 radical (unpaired) electrons. The Bertz CT molecular complexity index is 1310. The van der Waals surface area contributed by atoms with Gasteiger partial charge >= 0.3 is 4.87 Å². The van der Waals surface area contributed by atoms with Gasteiger partial charge in [-0.05, 0) is 70.0 Å². The second-order valence-corrected chi connectivity index (χ2v) is 10.9. The van der Waals surface area contributed by atoms with Crippen LogP contribution in [0.3, 0.4) is 0 Å². The number of anilines is 2. The number of carbonyl (C=O) groups is 1. The van der Waals surface area contributed by atoms with Gasteiger partial charge in [0.2, 0.25) is 15.9 Å². The number of thiazole rings is 1. The number of hydrogen-bond donors (Lipinski definition) is 1. The predicted octanol–water partition coefficient (Wildman–Crippen LogP) is 4.05. The van der Waals surface area contributed by atoms with E-state index >= 15 is 0 Å². The van der Waals surface area contributed by atoms with Crippen molar-refractivity contribution in [1.82, 2.24) is 4.57 Å². The average Bonchev–Trinajstić information content (AvgIpc) is 2.98. The highest BCUT2D eigenvalue weighted by Gasteiger charge is 2.30. The molecule has 0 aliphatic carbocycles. The third-order valence-electron chi connectivity index (χ3n) is 5.09. The molecule has 3 aromatic rings. The van der Waals surface area contributed by atoms with E-state index in [1.54, 1.807) is 35.8 Å². The summed E-state index contributed by atoms with van der Waals surface area (Å²) in [4.78, 5) is 25.2. The standard InChI is InChI=1S/C22H27N3O4S2/c1-13(2)24-18-10-9-17(12-20(18)30-22(24)27)23-21(26)16(5)25(31(6,28)29)19-11-14(3)7-8-15(19)4/h7-13,16H,1-6H3,(H,23,26)/t16-/m0/s1. The molecule has 1 atom stereocenters. The zero-order valence-corrected chi connectivity index (χ0v) is 20.1. The topological polar surface area (TPSA) is 88.5 Å². The summed E-state index contributed by atoms with van der Waals surface area (Å²) in [5, 5.41) is 2.80. The van der Waals surface area contributed by atoms with E-state index in [0.29, 0.717) is 11.4 Å². The molecule has 0 unspecified atom stereocenters. The summed E-state index contributed by atoms with van der Waals surface area (Å²) < 4.78 is 28.8. The van der Waals surface area contributed by atoms with Gasteiger partial charge in [0.15, 0.2) is 0 Å². The lowest BCUT2D eigenvalue weighted by Gasteiger charge is -2.29. The normalized spacial score (nSPS) is 12.9. The zero-order chi connectivity index (χ0) is 23.1. The number of rotatable bonds is 6. The minimum Gasteiger partial charge on any atom is -0.324 e. The fourth-order valence-electron chi connectivity index (χ4n) is 3.59. The summed E-state index contributed by atoms with van der Waals surface area (Å²) in [5.74, 6) is -0.457. The maximum Gasteiger partial charge on any atom is 0.308 e. The van der Waals surface area contributed by atoms with Crippen LogP contribution in [-0.4, -0.2) is 31.2 Å². The van der Waals surface area contributed by atoms with Crippen LogP contribution in [0.15, 0.2) is 41.2 Å². The number of nitrogens with one attached hydrogen (secondary N) is 1. The van der Waals surface area contributed by atoms with Crippen molar-refractivity contribution in [2.45, 2.75) is 46.7 Å². The number of benzene rings is 2. The summed E-state index contributed by atoms with van der Waals surface area (Å²) in [6.45, 7) is 9.13. The van der Waals surface area contributed by atoms with E-state index in [9.17, 15) is 18.0 Å². The molecule has 0 saturated heterocycles. The van der Waals surface area contributed by atoms with Crippen molar-refractivity contribution < 1.29 is 13.2 Å². The smallest absolute Gasteiger partial charge is 0.308 e. The Labute approximate surface area is 186 Å². The molecular weight excluding hydrogens is 434 g/mol. The van der Waals surface area contributed by atoms with Crippen LogP contribution in [0, 0.1) is 13.8 Å². The minimum absolute atomic E-state index is 0.0302. The van der Waals surface area contributed by atoms with Crippen molar-refractivity contribution in [3.8, 4) is 0 Å². The van der Waals surface area contributed by atoms with E-state index in [-0.39, 0.29) is 10.9 Å². The highest BCUT2D eigenvalue weighted by Crippen LogP contribution is 2.28. The van der Waals surface area contributed by atoms with Gasteiger partial charge in [-0.1, -0.05) is 23.5 Å². The number of nitrogens with zero attached hydrogens (tertiary/aromatic N) is 2. The number of hydrogen-bond acceptors (Lipinski definition) is 5. The lowest BCUT2D eigenvalue weighted by atomic mass is 10.1. The summed E-state index contributed by atoms with van der Waals surface area (Å²) >= 11 is 1.12. The highest BCUT2D eigenvalue weighted by molar-refractivity contribution is 7.92. The van der Waals surface area contributed by atoms with Crippen LogP contribution in [-0.2, 0) is 14.8 Å². The molecule has 1 aromatic heterocycles. The van der Waals surface area contributed by atoms with Crippen LogP contribution in [0.5, 0.6) is 0 Å². The number of amides is 1. The molecule has 0 spiro atoms. The first kappa shape index (κ1) is 23.0.